The second-order valence-corrected chi connectivity index (χ2v) is 17.1. The molecule has 0 bridgehead atoms. The largest absolute Gasteiger partial charge is 0.465 e. The first-order valence-electron chi connectivity index (χ1n) is 21.2. The maximum absolute atomic E-state index is 14.0. The Hall–Kier alpha value is -6.27. The lowest BCUT2D eigenvalue weighted by molar-refractivity contribution is -0.137. The molecule has 12 heteroatoms. The van der Waals surface area contributed by atoms with Gasteiger partial charge in [0.2, 0.25) is 11.8 Å². The van der Waals surface area contributed by atoms with Crippen LogP contribution in [0.1, 0.15) is 86.0 Å². The topological polar surface area (TPSA) is 151 Å². The lowest BCUT2D eigenvalue weighted by atomic mass is 9.83. The van der Waals surface area contributed by atoms with Gasteiger partial charge < -0.3 is 30.2 Å². The van der Waals surface area contributed by atoms with Crippen LogP contribution < -0.4 is 5.32 Å². The summed E-state index contributed by atoms with van der Waals surface area (Å²) in [6.45, 7) is 4.98. The number of hydrogen-bond donors (Lipinski definition) is 4. The van der Waals surface area contributed by atoms with E-state index < -0.39 is 12.1 Å². The van der Waals surface area contributed by atoms with Crippen molar-refractivity contribution < 1.29 is 19.5 Å². The summed E-state index contributed by atoms with van der Waals surface area (Å²) in [6, 6.07) is 28.3. The molecule has 3 amide bonds. The number of imidazole rings is 2. The monoisotopic (exact) mass is 804 g/mol. The van der Waals surface area contributed by atoms with E-state index in [2.05, 4.69) is 69.9 Å². The molecule has 1 unspecified atom stereocenters. The average molecular weight is 805 g/mol. The van der Waals surface area contributed by atoms with Gasteiger partial charge in [0.25, 0.3) is 0 Å². The first kappa shape index (κ1) is 39.2. The molecule has 4 aromatic carbocycles. The first-order valence-corrected chi connectivity index (χ1v) is 21.2. The average Bonchev–Trinajstić information content (AvgIpc) is 4.08. The van der Waals surface area contributed by atoms with Crippen LogP contribution in [-0.2, 0) is 22.4 Å². The van der Waals surface area contributed by atoms with Crippen LogP contribution >= 0.6 is 0 Å². The highest BCUT2D eigenvalue weighted by Gasteiger charge is 2.39. The molecule has 1 aliphatic carbocycles. The van der Waals surface area contributed by atoms with Crippen LogP contribution in [0.25, 0.3) is 44.5 Å². The summed E-state index contributed by atoms with van der Waals surface area (Å²) in [4.78, 5) is 61.6. The lowest BCUT2D eigenvalue weighted by Gasteiger charge is -2.31. The number of H-pyrrole nitrogens is 2. The van der Waals surface area contributed by atoms with Crippen molar-refractivity contribution in [3.8, 4) is 33.5 Å². The van der Waals surface area contributed by atoms with Gasteiger partial charge in [0.05, 0.1) is 35.0 Å². The SMILES string of the molecule is CC(C)[C@H](NC(=O)O)C(=O)N1CCC[C@H]1c1ncc(-c2ccc3c(c2)CCc2cc(-c4ccc5nc([C@@H]6CCCN6C(=O)C(c6ccccc6)N(C)C)[nH]c5c4)ccc2-3)[nH]1. The van der Waals surface area contributed by atoms with Gasteiger partial charge in [-0.15, -0.1) is 0 Å². The van der Waals surface area contributed by atoms with Crippen LogP contribution in [0.4, 0.5) is 4.79 Å². The molecule has 4 N–H and O–H groups in total. The van der Waals surface area contributed by atoms with Crippen LogP contribution in [0, 0.1) is 5.92 Å². The van der Waals surface area contributed by atoms with Crippen LogP contribution in [0.15, 0.2) is 91.1 Å². The highest BCUT2D eigenvalue weighted by molar-refractivity contribution is 5.87. The number of fused-ring (bicyclic) bond motifs is 4. The van der Waals surface area contributed by atoms with E-state index >= 15 is 0 Å². The standard InChI is InChI=1S/C48H52N8O4/c1-28(2)42(53-48(59)60)46(57)55-22-8-12-40(55)44-49-27-39(52-44)34-17-20-36-33(25-34)15-14-32-24-30(16-19-35(32)36)31-18-21-37-38(26-31)51-45(50-37)41-13-9-23-56(41)47(58)43(54(3)4)29-10-6-5-7-11-29/h5-7,10-11,16-21,24-28,40-43,53H,8-9,12-15,22-23H2,1-4H3,(H,49,52)(H,50,51)(H,59,60)/t40-,41-,42-,43?/m0/s1. The molecule has 2 aromatic heterocycles. The molecule has 12 nitrogen and oxygen atoms in total. The molecule has 9 rings (SSSR count). The summed E-state index contributed by atoms with van der Waals surface area (Å²) in [5, 5.41) is 11.8. The molecule has 0 saturated carbocycles. The molecule has 0 radical (unpaired) electrons. The number of rotatable bonds is 10. The number of nitrogens with one attached hydrogen (secondary N) is 3. The molecule has 2 aliphatic heterocycles. The van der Waals surface area contributed by atoms with Gasteiger partial charge in [0.1, 0.15) is 23.7 Å². The summed E-state index contributed by atoms with van der Waals surface area (Å²) >= 11 is 0. The molecule has 4 heterocycles. The van der Waals surface area contributed by atoms with Crippen LogP contribution in [0.5, 0.6) is 0 Å². The van der Waals surface area contributed by atoms with Crippen molar-refractivity contribution in [3.63, 3.8) is 0 Å². The zero-order valence-electron chi connectivity index (χ0n) is 34.6. The van der Waals surface area contributed by atoms with E-state index in [-0.39, 0.29) is 35.9 Å². The quantitative estimate of drug-likeness (QED) is 0.109. The zero-order valence-corrected chi connectivity index (χ0v) is 34.6. The minimum absolute atomic E-state index is 0.0974. The third kappa shape index (κ3) is 7.33. The number of likely N-dealkylation sites (tertiary alicyclic amines) is 2. The number of nitrogens with zero attached hydrogens (tertiary/aromatic N) is 5. The summed E-state index contributed by atoms with van der Waals surface area (Å²) in [7, 11) is 3.92. The van der Waals surface area contributed by atoms with Gasteiger partial charge >= 0.3 is 6.09 Å². The number of aromatic amines is 2. The molecule has 4 atom stereocenters. The number of hydrogen-bond acceptors (Lipinski definition) is 6. The Labute approximate surface area is 350 Å². The fraction of sp³-hybridized carbons (Fsp3) is 0.354. The fourth-order valence-corrected chi connectivity index (χ4v) is 9.67. The van der Waals surface area contributed by atoms with Gasteiger partial charge in [-0.3, -0.25) is 14.5 Å². The Morgan fingerprint density at radius 1 is 0.767 bits per heavy atom. The number of carboxylic acid groups (broad SMARTS) is 1. The summed E-state index contributed by atoms with van der Waals surface area (Å²) in [5.74, 6) is 1.28. The maximum atomic E-state index is 14.0. The van der Waals surface area contributed by atoms with Crippen molar-refractivity contribution in [2.45, 2.75) is 76.5 Å². The highest BCUT2D eigenvalue weighted by atomic mass is 16.4. The number of carbonyl (C=O) groups excluding carboxylic acids is 2. The van der Waals surface area contributed by atoms with Gasteiger partial charge in [-0.1, -0.05) is 80.6 Å². The number of carbonyl (C=O) groups is 3. The summed E-state index contributed by atoms with van der Waals surface area (Å²) in [5.41, 5.74) is 12.2. The maximum Gasteiger partial charge on any atom is 0.405 e. The van der Waals surface area contributed by atoms with E-state index in [0.717, 1.165) is 89.2 Å². The minimum Gasteiger partial charge on any atom is -0.465 e. The molecule has 60 heavy (non-hydrogen) atoms. The smallest absolute Gasteiger partial charge is 0.405 e. The summed E-state index contributed by atoms with van der Waals surface area (Å²) in [6.07, 6.45) is 5.90. The Bertz CT molecular complexity index is 2580. The second-order valence-electron chi connectivity index (χ2n) is 17.1. The normalized spacial score (nSPS) is 18.5. The zero-order chi connectivity index (χ0) is 41.7. The lowest BCUT2D eigenvalue weighted by Crippen LogP contribution is -2.50. The van der Waals surface area contributed by atoms with Crippen molar-refractivity contribution in [2.75, 3.05) is 27.2 Å². The van der Waals surface area contributed by atoms with Crippen molar-refractivity contribution in [1.29, 1.82) is 0 Å². The third-order valence-corrected chi connectivity index (χ3v) is 12.7. The number of benzene rings is 4. The minimum atomic E-state index is -1.20. The predicted molar refractivity (Wildman–Crippen MR) is 232 cm³/mol. The molecule has 2 saturated heterocycles. The molecule has 0 spiro atoms. The van der Waals surface area contributed by atoms with Crippen LogP contribution in [0.3, 0.4) is 0 Å². The predicted octanol–water partition coefficient (Wildman–Crippen LogP) is 8.31. The second kappa shape index (κ2) is 16.1. The molecule has 3 aliphatic rings. The van der Waals surface area contributed by atoms with Crippen LogP contribution in [0.2, 0.25) is 0 Å². The molecular formula is C48H52N8O4. The van der Waals surface area contributed by atoms with Crippen molar-refractivity contribution in [1.82, 2.24) is 40.0 Å². The highest BCUT2D eigenvalue weighted by Crippen LogP contribution is 2.40. The van der Waals surface area contributed by atoms with E-state index in [1.807, 2.05) is 74.3 Å². The van der Waals surface area contributed by atoms with Crippen molar-refractivity contribution in [2.24, 2.45) is 5.92 Å². The number of aromatic nitrogens is 4. The fourth-order valence-electron chi connectivity index (χ4n) is 9.67. The Morgan fingerprint density at radius 3 is 2.05 bits per heavy atom. The molecule has 6 aromatic rings. The number of amides is 3. The number of aryl methyl sites for hydroxylation is 2. The number of likely N-dealkylation sites (N-methyl/N-ethyl adjacent to an activating group) is 1. The van der Waals surface area contributed by atoms with Gasteiger partial charge in [-0.05, 0) is 121 Å². The Balaban J connectivity index is 0.915. The van der Waals surface area contributed by atoms with E-state index in [1.54, 1.807) is 4.90 Å². The Kier molecular flexibility index (Phi) is 10.5. The van der Waals surface area contributed by atoms with Crippen LogP contribution in [-0.4, -0.2) is 90.9 Å². The molecular weight excluding hydrogens is 753 g/mol. The Morgan fingerprint density at radius 2 is 1.38 bits per heavy atom. The summed E-state index contributed by atoms with van der Waals surface area (Å²) < 4.78 is 0. The van der Waals surface area contributed by atoms with E-state index in [0.29, 0.717) is 13.1 Å². The van der Waals surface area contributed by atoms with Gasteiger partial charge in [-0.2, -0.15) is 0 Å². The molecule has 308 valence electrons. The first-order chi connectivity index (χ1) is 29.0. The van der Waals surface area contributed by atoms with E-state index in [9.17, 15) is 19.5 Å². The van der Waals surface area contributed by atoms with Gasteiger partial charge in [0, 0.05) is 13.1 Å². The van der Waals surface area contributed by atoms with Gasteiger partial charge in [-0.25, -0.2) is 14.8 Å². The third-order valence-electron chi connectivity index (χ3n) is 12.7. The van der Waals surface area contributed by atoms with Gasteiger partial charge in [0.15, 0.2) is 0 Å². The van der Waals surface area contributed by atoms with E-state index in [4.69, 9.17) is 9.97 Å². The van der Waals surface area contributed by atoms with Crippen molar-refractivity contribution >= 4 is 28.9 Å². The van der Waals surface area contributed by atoms with E-state index in [1.165, 1.54) is 22.3 Å². The molecule has 2 fully saturated rings. The van der Waals surface area contributed by atoms with Crippen molar-refractivity contribution in [3.05, 3.63) is 119 Å².